The first-order valence-electron chi connectivity index (χ1n) is 9.37. The van der Waals surface area contributed by atoms with Crippen molar-refractivity contribution >= 4 is 34.8 Å². The van der Waals surface area contributed by atoms with Gasteiger partial charge in [0.1, 0.15) is 17.4 Å². The van der Waals surface area contributed by atoms with Gasteiger partial charge in [-0.2, -0.15) is 0 Å². The lowest BCUT2D eigenvalue weighted by atomic mass is 9.89. The van der Waals surface area contributed by atoms with Gasteiger partial charge in [0, 0.05) is 17.8 Å². The number of benzene rings is 2. The predicted octanol–water partition coefficient (Wildman–Crippen LogP) is 4.18. The highest BCUT2D eigenvalue weighted by Crippen LogP contribution is 2.34. The van der Waals surface area contributed by atoms with E-state index in [1.165, 1.54) is 36.6 Å². The summed E-state index contributed by atoms with van der Waals surface area (Å²) in [4.78, 5) is 37.1. The highest BCUT2D eigenvalue weighted by atomic mass is 19.1. The van der Waals surface area contributed by atoms with E-state index in [1.807, 2.05) is 0 Å². The molecular formula is C22H17F2N3O4. The number of carbonyl (C=O) groups is 3. The molecule has 0 aliphatic carbocycles. The van der Waals surface area contributed by atoms with Gasteiger partial charge in [-0.25, -0.2) is 8.78 Å². The third-order valence-electron chi connectivity index (χ3n) is 4.96. The Balaban J connectivity index is 1.54. The van der Waals surface area contributed by atoms with Crippen LogP contribution in [0.15, 0.2) is 53.1 Å². The summed E-state index contributed by atoms with van der Waals surface area (Å²) in [7, 11) is 0. The third kappa shape index (κ3) is 4.16. The monoisotopic (exact) mass is 425 g/mol. The largest absolute Gasteiger partial charge is 0.469 e. The van der Waals surface area contributed by atoms with Gasteiger partial charge in [0.15, 0.2) is 0 Å². The Morgan fingerprint density at radius 2 is 1.90 bits per heavy atom. The summed E-state index contributed by atoms with van der Waals surface area (Å²) in [6, 6.07) is 8.97. The van der Waals surface area contributed by atoms with E-state index >= 15 is 0 Å². The van der Waals surface area contributed by atoms with Gasteiger partial charge in [-0.1, -0.05) is 6.07 Å². The van der Waals surface area contributed by atoms with Crippen LogP contribution in [0.2, 0.25) is 0 Å². The highest BCUT2D eigenvalue weighted by molar-refractivity contribution is 6.07. The van der Waals surface area contributed by atoms with E-state index in [0.29, 0.717) is 11.3 Å². The fourth-order valence-corrected chi connectivity index (χ4v) is 3.41. The number of furan rings is 1. The summed E-state index contributed by atoms with van der Waals surface area (Å²) in [5, 5.41) is 7.61. The SMILES string of the molecule is Cc1occc1C(=O)Nc1cc(NC(=O)C2CC(=O)Nc3cc(F)ccc32)ccc1F. The summed E-state index contributed by atoms with van der Waals surface area (Å²) in [5.74, 6) is -3.18. The van der Waals surface area contributed by atoms with Crippen molar-refractivity contribution in [3.05, 3.63) is 77.2 Å². The van der Waals surface area contributed by atoms with E-state index in [1.54, 1.807) is 6.92 Å². The quantitative estimate of drug-likeness (QED) is 0.584. The first kappa shape index (κ1) is 20.3. The molecule has 1 atom stereocenters. The zero-order valence-electron chi connectivity index (χ0n) is 16.3. The Bertz CT molecular complexity index is 1210. The van der Waals surface area contributed by atoms with Crippen molar-refractivity contribution in [1.82, 2.24) is 0 Å². The maximum atomic E-state index is 14.2. The zero-order chi connectivity index (χ0) is 22.1. The molecule has 0 spiro atoms. The smallest absolute Gasteiger partial charge is 0.259 e. The number of anilines is 3. The van der Waals surface area contributed by atoms with Crippen LogP contribution in [-0.4, -0.2) is 17.7 Å². The number of amides is 3. The van der Waals surface area contributed by atoms with Gasteiger partial charge in [0.25, 0.3) is 5.91 Å². The van der Waals surface area contributed by atoms with E-state index < -0.39 is 35.3 Å². The standard InChI is InChI=1S/C22H17F2N3O4/c1-11-14(6-7-31-11)21(29)27-19-9-13(3-5-17(19)24)25-22(30)16-10-20(28)26-18-8-12(23)2-4-15(16)18/h2-9,16H,10H2,1H3,(H,25,30)(H,26,28)(H,27,29). The van der Waals surface area contributed by atoms with Crippen molar-refractivity contribution in [1.29, 1.82) is 0 Å². The molecule has 0 fully saturated rings. The summed E-state index contributed by atoms with van der Waals surface area (Å²) in [5.41, 5.74) is 1.06. The number of fused-ring (bicyclic) bond motifs is 1. The van der Waals surface area contributed by atoms with Crippen LogP contribution in [0.1, 0.15) is 34.0 Å². The molecule has 9 heteroatoms. The normalized spacial score (nSPS) is 15.1. The van der Waals surface area contributed by atoms with Crippen molar-refractivity contribution in [2.45, 2.75) is 19.3 Å². The predicted molar refractivity (Wildman–Crippen MR) is 109 cm³/mol. The summed E-state index contributed by atoms with van der Waals surface area (Å²) in [6.45, 7) is 1.60. The van der Waals surface area contributed by atoms with Crippen LogP contribution < -0.4 is 16.0 Å². The van der Waals surface area contributed by atoms with E-state index in [0.717, 1.165) is 12.1 Å². The molecule has 3 amide bonds. The van der Waals surface area contributed by atoms with Crippen molar-refractivity contribution in [2.24, 2.45) is 0 Å². The Morgan fingerprint density at radius 3 is 2.65 bits per heavy atom. The molecule has 7 nitrogen and oxygen atoms in total. The van der Waals surface area contributed by atoms with Gasteiger partial charge in [0.05, 0.1) is 23.4 Å². The van der Waals surface area contributed by atoms with E-state index in [-0.39, 0.29) is 29.0 Å². The second-order valence-electron chi connectivity index (χ2n) is 7.06. The van der Waals surface area contributed by atoms with Gasteiger partial charge in [-0.3, -0.25) is 14.4 Å². The molecule has 3 aromatic rings. The lowest BCUT2D eigenvalue weighted by Crippen LogP contribution is -2.31. The highest BCUT2D eigenvalue weighted by Gasteiger charge is 2.31. The average molecular weight is 425 g/mol. The summed E-state index contributed by atoms with van der Waals surface area (Å²) < 4.78 is 32.8. The number of aryl methyl sites for hydroxylation is 1. The lowest BCUT2D eigenvalue weighted by molar-refractivity contribution is -0.123. The Labute approximate surface area is 175 Å². The molecule has 4 rings (SSSR count). The maximum absolute atomic E-state index is 14.2. The topological polar surface area (TPSA) is 100 Å². The molecule has 2 heterocycles. The number of hydrogen-bond donors (Lipinski definition) is 3. The molecule has 0 saturated heterocycles. The number of hydrogen-bond acceptors (Lipinski definition) is 4. The van der Waals surface area contributed by atoms with Crippen molar-refractivity contribution in [3.63, 3.8) is 0 Å². The summed E-state index contributed by atoms with van der Waals surface area (Å²) >= 11 is 0. The fraction of sp³-hybridized carbons (Fsp3) is 0.136. The summed E-state index contributed by atoms with van der Waals surface area (Å²) in [6.07, 6.45) is 1.23. The van der Waals surface area contributed by atoms with Crippen LogP contribution in [-0.2, 0) is 9.59 Å². The second kappa shape index (κ2) is 8.02. The molecule has 3 N–H and O–H groups in total. The van der Waals surface area contributed by atoms with Crippen molar-refractivity contribution < 1.29 is 27.6 Å². The first-order chi connectivity index (χ1) is 14.8. The molecule has 0 radical (unpaired) electrons. The minimum atomic E-state index is -0.846. The average Bonchev–Trinajstić information content (AvgIpc) is 3.15. The molecule has 0 bridgehead atoms. The number of rotatable bonds is 4. The Morgan fingerprint density at radius 1 is 1.10 bits per heavy atom. The molecule has 1 aliphatic rings. The van der Waals surface area contributed by atoms with Gasteiger partial charge < -0.3 is 20.4 Å². The minimum Gasteiger partial charge on any atom is -0.469 e. The van der Waals surface area contributed by atoms with Gasteiger partial charge >= 0.3 is 0 Å². The third-order valence-corrected chi connectivity index (χ3v) is 4.96. The van der Waals surface area contributed by atoms with Gasteiger partial charge in [-0.15, -0.1) is 0 Å². The van der Waals surface area contributed by atoms with Crippen LogP contribution in [0.5, 0.6) is 0 Å². The maximum Gasteiger partial charge on any atom is 0.259 e. The molecule has 158 valence electrons. The molecule has 31 heavy (non-hydrogen) atoms. The number of carbonyl (C=O) groups excluding carboxylic acids is 3. The minimum absolute atomic E-state index is 0.116. The van der Waals surface area contributed by atoms with E-state index in [9.17, 15) is 23.2 Å². The Kier molecular flexibility index (Phi) is 5.24. The van der Waals surface area contributed by atoms with E-state index in [2.05, 4.69) is 16.0 Å². The van der Waals surface area contributed by atoms with Gasteiger partial charge in [0.2, 0.25) is 11.8 Å². The lowest BCUT2D eigenvalue weighted by Gasteiger charge is -2.25. The Hall–Kier alpha value is -4.01. The van der Waals surface area contributed by atoms with Crippen molar-refractivity contribution in [2.75, 3.05) is 16.0 Å². The zero-order valence-corrected chi connectivity index (χ0v) is 16.3. The fourth-order valence-electron chi connectivity index (χ4n) is 3.41. The van der Waals surface area contributed by atoms with E-state index in [4.69, 9.17) is 4.42 Å². The molecule has 1 aliphatic heterocycles. The van der Waals surface area contributed by atoms with Gasteiger partial charge in [-0.05, 0) is 48.9 Å². The molecule has 1 unspecified atom stereocenters. The van der Waals surface area contributed by atoms with Crippen molar-refractivity contribution in [3.8, 4) is 0 Å². The van der Waals surface area contributed by atoms with Crippen LogP contribution in [0.3, 0.4) is 0 Å². The van der Waals surface area contributed by atoms with Crippen LogP contribution >= 0.6 is 0 Å². The number of nitrogens with one attached hydrogen (secondary N) is 3. The van der Waals surface area contributed by atoms with Crippen LogP contribution in [0, 0.1) is 18.6 Å². The molecule has 0 saturated carbocycles. The first-order valence-corrected chi connectivity index (χ1v) is 9.37. The molecular weight excluding hydrogens is 408 g/mol. The van der Waals surface area contributed by atoms with Crippen LogP contribution in [0.25, 0.3) is 0 Å². The molecule has 1 aromatic heterocycles. The van der Waals surface area contributed by atoms with Crippen LogP contribution in [0.4, 0.5) is 25.8 Å². The second-order valence-corrected chi connectivity index (χ2v) is 7.06. The molecule has 2 aromatic carbocycles. The number of halogens is 2.